The van der Waals surface area contributed by atoms with Gasteiger partial charge in [-0.2, -0.15) is 0 Å². The van der Waals surface area contributed by atoms with Crippen molar-refractivity contribution >= 4 is 60.9 Å². The minimum absolute atomic E-state index is 0.891. The first kappa shape index (κ1) is 32.8. The number of rotatable bonds is 7. The fourth-order valence-corrected chi connectivity index (χ4v) is 8.28. The summed E-state index contributed by atoms with van der Waals surface area (Å²) < 4.78 is 12.6. The highest BCUT2D eigenvalue weighted by Crippen LogP contribution is 2.43. The van der Waals surface area contributed by atoms with Gasteiger partial charge >= 0.3 is 0 Å². The lowest BCUT2D eigenvalue weighted by Gasteiger charge is -2.27. The number of para-hydroxylation sites is 3. The summed E-state index contributed by atoms with van der Waals surface area (Å²) in [6, 6.07) is 75.3. The maximum Gasteiger partial charge on any atom is 0.143 e. The highest BCUT2D eigenvalue weighted by Gasteiger charge is 2.19. The molecule has 0 aliphatic carbocycles. The summed E-state index contributed by atoms with van der Waals surface area (Å²) in [6.45, 7) is 0. The van der Waals surface area contributed by atoms with Gasteiger partial charge in [0.05, 0.1) is 0 Å². The Morgan fingerprint density at radius 1 is 0.263 bits per heavy atom. The van der Waals surface area contributed by atoms with Crippen molar-refractivity contribution in [2.75, 3.05) is 4.90 Å². The Morgan fingerprint density at radius 3 is 1.51 bits per heavy atom. The molecule has 11 aromatic rings. The number of benzene rings is 9. The number of furan rings is 2. The molecule has 0 N–H and O–H groups in total. The van der Waals surface area contributed by atoms with E-state index in [9.17, 15) is 0 Å². The monoisotopic (exact) mass is 729 g/mol. The van der Waals surface area contributed by atoms with Crippen LogP contribution in [0.15, 0.2) is 221 Å². The van der Waals surface area contributed by atoms with E-state index >= 15 is 0 Å². The Morgan fingerprint density at radius 2 is 0.789 bits per heavy atom. The normalized spacial score (nSPS) is 11.5. The second kappa shape index (κ2) is 13.6. The third-order valence-corrected chi connectivity index (χ3v) is 11.0. The van der Waals surface area contributed by atoms with Crippen molar-refractivity contribution < 1.29 is 8.83 Å². The Bertz CT molecular complexity index is 3170. The van der Waals surface area contributed by atoms with Crippen LogP contribution in [0.25, 0.3) is 88.4 Å². The average molecular weight is 730 g/mol. The lowest BCUT2D eigenvalue weighted by atomic mass is 9.96. The van der Waals surface area contributed by atoms with Crippen molar-refractivity contribution in [1.82, 2.24) is 0 Å². The summed E-state index contributed by atoms with van der Waals surface area (Å²) in [7, 11) is 0. The van der Waals surface area contributed by atoms with Crippen LogP contribution in [0.1, 0.15) is 0 Å². The maximum absolute atomic E-state index is 6.45. The van der Waals surface area contributed by atoms with Crippen molar-refractivity contribution in [2.24, 2.45) is 0 Å². The molecule has 2 aromatic heterocycles. The first-order valence-corrected chi connectivity index (χ1v) is 19.3. The van der Waals surface area contributed by atoms with Gasteiger partial charge in [0.2, 0.25) is 0 Å². The summed E-state index contributed by atoms with van der Waals surface area (Å²) >= 11 is 0. The topological polar surface area (TPSA) is 29.5 Å². The van der Waals surface area contributed by atoms with Crippen molar-refractivity contribution in [3.63, 3.8) is 0 Å². The molecule has 0 radical (unpaired) electrons. The van der Waals surface area contributed by atoms with E-state index in [0.29, 0.717) is 0 Å². The molecule has 3 heteroatoms. The smallest absolute Gasteiger partial charge is 0.143 e. The van der Waals surface area contributed by atoms with E-state index in [4.69, 9.17) is 8.83 Å². The average Bonchev–Trinajstić information content (AvgIpc) is 3.86. The Hall–Kier alpha value is -7.62. The highest BCUT2D eigenvalue weighted by atomic mass is 16.3. The largest absolute Gasteiger partial charge is 0.456 e. The third-order valence-electron chi connectivity index (χ3n) is 11.0. The standard InChI is InChI=1S/C54H35NO2/c1-3-13-36(14-4-1)41-31-42(37-15-5-2-6-16-37)34-45(33-41)55(43-28-25-38(26-29-43)46-21-12-22-49-47-19-7-10-24-52(47)57-54(46)49)44-18-11-17-39(32-44)40-27-30-53-50(35-40)48-20-8-9-23-51(48)56-53/h1-35H. The van der Waals surface area contributed by atoms with Gasteiger partial charge in [0.1, 0.15) is 22.3 Å². The van der Waals surface area contributed by atoms with E-state index in [1.54, 1.807) is 0 Å². The third kappa shape index (κ3) is 5.85. The molecule has 268 valence electrons. The van der Waals surface area contributed by atoms with E-state index < -0.39 is 0 Å². The molecule has 0 atom stereocenters. The van der Waals surface area contributed by atoms with Crippen LogP contribution < -0.4 is 4.90 Å². The molecule has 0 aliphatic heterocycles. The summed E-state index contributed by atoms with van der Waals surface area (Å²) in [5.74, 6) is 0. The Labute approximate surface area is 330 Å². The number of fused-ring (bicyclic) bond motifs is 6. The molecule has 3 nitrogen and oxygen atoms in total. The predicted molar refractivity (Wildman–Crippen MR) is 237 cm³/mol. The second-order valence-electron chi connectivity index (χ2n) is 14.5. The first-order chi connectivity index (χ1) is 28.2. The number of anilines is 3. The van der Waals surface area contributed by atoms with Gasteiger partial charge in [0, 0.05) is 44.2 Å². The van der Waals surface area contributed by atoms with E-state index in [0.717, 1.165) is 94.3 Å². The van der Waals surface area contributed by atoms with Crippen LogP contribution >= 0.6 is 0 Å². The first-order valence-electron chi connectivity index (χ1n) is 19.3. The molecule has 0 amide bonds. The van der Waals surface area contributed by atoms with Gasteiger partial charge in [0.25, 0.3) is 0 Å². The highest BCUT2D eigenvalue weighted by molar-refractivity contribution is 6.10. The molecule has 0 saturated carbocycles. The molecule has 0 unspecified atom stereocenters. The number of hydrogen-bond acceptors (Lipinski definition) is 3. The number of nitrogens with zero attached hydrogens (tertiary/aromatic N) is 1. The molecular formula is C54H35NO2. The molecule has 2 heterocycles. The lowest BCUT2D eigenvalue weighted by Crippen LogP contribution is -2.10. The Balaban J connectivity index is 1.08. The van der Waals surface area contributed by atoms with Crippen LogP contribution in [0.3, 0.4) is 0 Å². The van der Waals surface area contributed by atoms with Crippen molar-refractivity contribution in [3.05, 3.63) is 212 Å². The zero-order chi connectivity index (χ0) is 37.7. The van der Waals surface area contributed by atoms with Crippen LogP contribution in [0.2, 0.25) is 0 Å². The molecule has 9 aromatic carbocycles. The van der Waals surface area contributed by atoms with Crippen molar-refractivity contribution in [2.45, 2.75) is 0 Å². The molecular weight excluding hydrogens is 695 g/mol. The van der Waals surface area contributed by atoms with Crippen LogP contribution in [0.5, 0.6) is 0 Å². The van der Waals surface area contributed by atoms with E-state index in [1.807, 2.05) is 24.3 Å². The molecule has 0 bridgehead atoms. The van der Waals surface area contributed by atoms with Gasteiger partial charge in [-0.05, 0) is 106 Å². The zero-order valence-electron chi connectivity index (χ0n) is 31.0. The van der Waals surface area contributed by atoms with E-state index in [2.05, 4.69) is 193 Å². The SMILES string of the molecule is c1ccc(-c2cc(-c3ccccc3)cc(N(c3ccc(-c4cccc5c4oc4ccccc45)cc3)c3cccc(-c4ccc5oc6ccccc6c5c4)c3)c2)cc1. The van der Waals surface area contributed by atoms with Crippen molar-refractivity contribution in [3.8, 4) is 44.5 Å². The van der Waals surface area contributed by atoms with Gasteiger partial charge < -0.3 is 13.7 Å². The fourth-order valence-electron chi connectivity index (χ4n) is 8.28. The summed E-state index contributed by atoms with van der Waals surface area (Å²) in [5, 5.41) is 4.49. The quantitative estimate of drug-likeness (QED) is 0.164. The lowest BCUT2D eigenvalue weighted by molar-refractivity contribution is 0.669. The van der Waals surface area contributed by atoms with Crippen LogP contribution in [0.4, 0.5) is 17.1 Å². The molecule has 0 saturated heterocycles. The fraction of sp³-hybridized carbons (Fsp3) is 0. The molecule has 11 rings (SSSR count). The second-order valence-corrected chi connectivity index (χ2v) is 14.5. The van der Waals surface area contributed by atoms with Crippen LogP contribution in [0, 0.1) is 0 Å². The van der Waals surface area contributed by atoms with Gasteiger partial charge in [0.15, 0.2) is 0 Å². The molecule has 57 heavy (non-hydrogen) atoms. The van der Waals surface area contributed by atoms with Gasteiger partial charge in [-0.25, -0.2) is 0 Å². The summed E-state index contributed by atoms with van der Waals surface area (Å²) in [6.07, 6.45) is 0. The summed E-state index contributed by atoms with van der Waals surface area (Å²) in [5.41, 5.74) is 15.8. The zero-order valence-corrected chi connectivity index (χ0v) is 31.0. The molecule has 0 aliphatic rings. The maximum atomic E-state index is 6.45. The van der Waals surface area contributed by atoms with Crippen LogP contribution in [-0.2, 0) is 0 Å². The minimum Gasteiger partial charge on any atom is -0.456 e. The van der Waals surface area contributed by atoms with E-state index in [1.165, 1.54) is 11.1 Å². The Kier molecular flexibility index (Phi) is 7.82. The predicted octanol–water partition coefficient (Wildman–Crippen LogP) is 15.6. The van der Waals surface area contributed by atoms with Gasteiger partial charge in [-0.3, -0.25) is 0 Å². The minimum atomic E-state index is 0.891. The molecule has 0 spiro atoms. The number of hydrogen-bond donors (Lipinski definition) is 0. The van der Waals surface area contributed by atoms with Gasteiger partial charge in [-0.15, -0.1) is 0 Å². The van der Waals surface area contributed by atoms with E-state index in [-0.39, 0.29) is 0 Å². The summed E-state index contributed by atoms with van der Waals surface area (Å²) in [4.78, 5) is 2.37. The van der Waals surface area contributed by atoms with Gasteiger partial charge in [-0.1, -0.05) is 146 Å². The molecule has 0 fully saturated rings. The van der Waals surface area contributed by atoms with Crippen LogP contribution in [-0.4, -0.2) is 0 Å². The van der Waals surface area contributed by atoms with Crippen molar-refractivity contribution in [1.29, 1.82) is 0 Å².